The lowest BCUT2D eigenvalue weighted by Crippen LogP contribution is -1.95. The molecule has 0 unspecified atom stereocenters. The molecule has 0 aromatic rings. The first-order chi connectivity index (χ1) is 7.56. The van der Waals surface area contributed by atoms with E-state index in [0.29, 0.717) is 0 Å². The van der Waals surface area contributed by atoms with Crippen molar-refractivity contribution in [3.8, 4) is 0 Å². The molecule has 16 heavy (non-hydrogen) atoms. The first-order valence-electron chi connectivity index (χ1n) is 5.45. The van der Waals surface area contributed by atoms with Gasteiger partial charge in [0.1, 0.15) is 0 Å². The van der Waals surface area contributed by atoms with Gasteiger partial charge in [0.15, 0.2) is 0 Å². The first kappa shape index (κ1) is 14.4. The van der Waals surface area contributed by atoms with Gasteiger partial charge in [-0.05, 0) is 40.2 Å². The first-order valence-corrected chi connectivity index (χ1v) is 5.45. The van der Waals surface area contributed by atoms with Crippen LogP contribution in [-0.2, 0) is 0 Å². The Kier molecular flexibility index (Phi) is 6.91. The number of nitrogens with zero attached hydrogens (tertiary/aromatic N) is 1. The highest BCUT2D eigenvalue weighted by Crippen LogP contribution is 2.11. The van der Waals surface area contributed by atoms with Crippen molar-refractivity contribution in [3.63, 3.8) is 0 Å². The maximum Gasteiger partial charge on any atom is 0.0696 e. The molecule has 0 aliphatic rings. The minimum absolute atomic E-state index is 0.931. The van der Waals surface area contributed by atoms with E-state index >= 15 is 0 Å². The van der Waals surface area contributed by atoms with Crippen LogP contribution in [0.2, 0.25) is 0 Å². The molecule has 0 amide bonds. The Bertz CT molecular complexity index is 397. The van der Waals surface area contributed by atoms with Crippen LogP contribution < -0.4 is 0 Å². The predicted octanol–water partition coefficient (Wildman–Crippen LogP) is 4.60. The second-order valence-electron chi connectivity index (χ2n) is 3.55. The summed E-state index contributed by atoms with van der Waals surface area (Å²) in [6.07, 6.45) is 8.04. The molecule has 0 heterocycles. The Morgan fingerprint density at radius 3 is 2.25 bits per heavy atom. The van der Waals surface area contributed by atoms with Gasteiger partial charge in [0.05, 0.1) is 5.70 Å². The molecule has 0 aliphatic heterocycles. The molecule has 0 saturated heterocycles. The van der Waals surface area contributed by atoms with E-state index in [-0.39, 0.29) is 0 Å². The normalized spacial score (nSPS) is 14.2. The zero-order valence-corrected chi connectivity index (χ0v) is 11.0. The van der Waals surface area contributed by atoms with E-state index in [1.54, 1.807) is 0 Å². The van der Waals surface area contributed by atoms with Gasteiger partial charge in [0, 0.05) is 11.3 Å². The lowest BCUT2D eigenvalue weighted by atomic mass is 10.1. The van der Waals surface area contributed by atoms with Crippen molar-refractivity contribution in [1.29, 1.82) is 0 Å². The predicted molar refractivity (Wildman–Crippen MR) is 73.8 cm³/mol. The highest BCUT2D eigenvalue weighted by Gasteiger charge is 1.98. The summed E-state index contributed by atoms with van der Waals surface area (Å²) >= 11 is 0. The van der Waals surface area contributed by atoms with Crippen molar-refractivity contribution in [2.75, 3.05) is 0 Å². The van der Waals surface area contributed by atoms with E-state index in [1.807, 2.05) is 45.9 Å². The summed E-state index contributed by atoms with van der Waals surface area (Å²) in [5, 5.41) is 0. The van der Waals surface area contributed by atoms with Crippen LogP contribution in [0.1, 0.15) is 34.6 Å². The fraction of sp³-hybridized carbons (Fsp3) is 0.333. The van der Waals surface area contributed by atoms with Gasteiger partial charge in [-0.3, -0.25) is 4.99 Å². The summed E-state index contributed by atoms with van der Waals surface area (Å²) in [5.41, 5.74) is 6.94. The molecule has 0 radical (unpaired) electrons. The van der Waals surface area contributed by atoms with Crippen molar-refractivity contribution < 1.29 is 0 Å². The molecule has 0 atom stereocenters. The molecule has 86 valence electrons. The van der Waals surface area contributed by atoms with Gasteiger partial charge < -0.3 is 0 Å². The fourth-order valence-corrected chi connectivity index (χ4v) is 1.09. The van der Waals surface area contributed by atoms with Gasteiger partial charge in [-0.1, -0.05) is 30.9 Å². The molecule has 0 saturated carbocycles. The van der Waals surface area contributed by atoms with Crippen LogP contribution in [0.25, 0.3) is 0 Å². The largest absolute Gasteiger partial charge is 0.253 e. The van der Waals surface area contributed by atoms with E-state index in [0.717, 1.165) is 22.6 Å². The molecular formula is C15H21N. The van der Waals surface area contributed by atoms with Crippen LogP contribution >= 0.6 is 0 Å². The summed E-state index contributed by atoms with van der Waals surface area (Å²) in [6.45, 7) is 13.6. The maximum absolute atomic E-state index is 4.55. The van der Waals surface area contributed by atoms with Crippen molar-refractivity contribution in [1.82, 2.24) is 0 Å². The van der Waals surface area contributed by atoms with Gasteiger partial charge in [-0.25, -0.2) is 0 Å². The van der Waals surface area contributed by atoms with E-state index in [4.69, 9.17) is 0 Å². The summed E-state index contributed by atoms with van der Waals surface area (Å²) < 4.78 is 0. The summed E-state index contributed by atoms with van der Waals surface area (Å²) in [6, 6.07) is 0. The van der Waals surface area contributed by atoms with Gasteiger partial charge in [0.2, 0.25) is 0 Å². The van der Waals surface area contributed by atoms with Crippen molar-refractivity contribution >= 4 is 5.71 Å². The number of aliphatic imine (C=N–C) groups is 1. The Balaban J connectivity index is 5.11. The smallest absolute Gasteiger partial charge is 0.0696 e. The standard InChI is InChI=1S/C15H21N/c1-7-10-11-13(5)14(6)16-15(9-3)12(4)8-2/h7,9-11H,2H2,1,3-6H3/b10-7-,13-11+,15-9-,16-14+. The van der Waals surface area contributed by atoms with Gasteiger partial charge in [0.25, 0.3) is 0 Å². The van der Waals surface area contributed by atoms with E-state index in [9.17, 15) is 0 Å². The second-order valence-corrected chi connectivity index (χ2v) is 3.55. The Morgan fingerprint density at radius 2 is 1.81 bits per heavy atom. The average Bonchev–Trinajstić information content (AvgIpc) is 2.31. The molecule has 0 aromatic heterocycles. The lowest BCUT2D eigenvalue weighted by molar-refractivity contribution is 1.26. The van der Waals surface area contributed by atoms with Gasteiger partial charge >= 0.3 is 0 Å². The molecular weight excluding hydrogens is 194 g/mol. The highest BCUT2D eigenvalue weighted by molar-refractivity contribution is 5.98. The van der Waals surface area contributed by atoms with Crippen LogP contribution in [-0.4, -0.2) is 5.71 Å². The Labute approximate surface area is 99.3 Å². The minimum atomic E-state index is 0.931. The zero-order valence-electron chi connectivity index (χ0n) is 11.0. The van der Waals surface area contributed by atoms with E-state index < -0.39 is 0 Å². The number of hydrogen-bond acceptors (Lipinski definition) is 1. The molecule has 0 rings (SSSR count). The zero-order chi connectivity index (χ0) is 12.6. The number of hydrogen-bond donors (Lipinski definition) is 0. The van der Waals surface area contributed by atoms with Crippen LogP contribution in [0, 0.1) is 0 Å². The number of allylic oxidation sites excluding steroid dienone is 6. The van der Waals surface area contributed by atoms with Crippen molar-refractivity contribution in [2.45, 2.75) is 34.6 Å². The van der Waals surface area contributed by atoms with Crippen molar-refractivity contribution in [2.24, 2.45) is 4.99 Å². The third kappa shape index (κ3) is 4.77. The van der Waals surface area contributed by atoms with E-state index in [2.05, 4.69) is 30.3 Å². The molecule has 1 nitrogen and oxygen atoms in total. The van der Waals surface area contributed by atoms with Gasteiger partial charge in [-0.15, -0.1) is 5.73 Å². The van der Waals surface area contributed by atoms with Crippen LogP contribution in [0.5, 0.6) is 0 Å². The topological polar surface area (TPSA) is 12.4 Å². The molecule has 0 bridgehead atoms. The van der Waals surface area contributed by atoms with Crippen LogP contribution in [0.3, 0.4) is 0 Å². The third-order valence-electron chi connectivity index (χ3n) is 2.32. The van der Waals surface area contributed by atoms with Crippen molar-refractivity contribution in [3.05, 3.63) is 53.5 Å². The van der Waals surface area contributed by atoms with Crippen LogP contribution in [0.4, 0.5) is 0 Å². The molecule has 0 aliphatic carbocycles. The third-order valence-corrected chi connectivity index (χ3v) is 2.32. The molecule has 0 N–H and O–H groups in total. The SMILES string of the molecule is C=C=C(C)C(=C/C)/N=C(C)/C(C)=C/C=C\C. The highest BCUT2D eigenvalue weighted by atomic mass is 14.8. The lowest BCUT2D eigenvalue weighted by Gasteiger charge is -2.03. The van der Waals surface area contributed by atoms with Gasteiger partial charge in [-0.2, -0.15) is 0 Å². The maximum atomic E-state index is 4.55. The molecule has 0 aromatic carbocycles. The Hall–Kier alpha value is -1.59. The van der Waals surface area contributed by atoms with Crippen LogP contribution in [0.15, 0.2) is 58.4 Å². The number of rotatable bonds is 4. The quantitative estimate of drug-likeness (QED) is 0.369. The molecule has 1 heteroatoms. The summed E-state index contributed by atoms with van der Waals surface area (Å²) in [4.78, 5) is 4.55. The summed E-state index contributed by atoms with van der Waals surface area (Å²) in [7, 11) is 0. The fourth-order valence-electron chi connectivity index (χ4n) is 1.09. The molecule has 0 spiro atoms. The average molecular weight is 215 g/mol. The van der Waals surface area contributed by atoms with E-state index in [1.165, 1.54) is 0 Å². The monoisotopic (exact) mass is 215 g/mol. The summed E-state index contributed by atoms with van der Waals surface area (Å²) in [5.74, 6) is 0. The molecule has 0 fully saturated rings. The minimum Gasteiger partial charge on any atom is -0.253 e. The Morgan fingerprint density at radius 1 is 1.19 bits per heavy atom. The second kappa shape index (κ2) is 7.67.